The van der Waals surface area contributed by atoms with E-state index in [9.17, 15) is 14.7 Å². The number of rotatable bonds is 5. The Bertz CT molecular complexity index is 627. The lowest BCUT2D eigenvalue weighted by Gasteiger charge is -2.29. The maximum Gasteiger partial charge on any atom is 0.407 e. The molecule has 1 aromatic rings. The van der Waals surface area contributed by atoms with E-state index in [0.717, 1.165) is 5.56 Å². The van der Waals surface area contributed by atoms with Gasteiger partial charge in [0, 0.05) is 25.7 Å². The van der Waals surface area contributed by atoms with Gasteiger partial charge in [-0.1, -0.05) is 6.07 Å². The van der Waals surface area contributed by atoms with Crippen molar-refractivity contribution in [1.29, 1.82) is 0 Å². The first-order chi connectivity index (χ1) is 11.7. The highest BCUT2D eigenvalue weighted by molar-refractivity contribution is 5.79. The number of amides is 2. The summed E-state index contributed by atoms with van der Waals surface area (Å²) in [5, 5.41) is 13.3. The Labute approximate surface area is 148 Å². The molecule has 7 heteroatoms. The lowest BCUT2D eigenvalue weighted by molar-refractivity contribution is -0.130. The van der Waals surface area contributed by atoms with Crippen LogP contribution in [0, 0.1) is 6.92 Å². The van der Waals surface area contributed by atoms with Gasteiger partial charge >= 0.3 is 6.09 Å². The van der Waals surface area contributed by atoms with Crippen LogP contribution in [0.25, 0.3) is 0 Å². The molecule has 7 nitrogen and oxygen atoms in total. The van der Waals surface area contributed by atoms with Gasteiger partial charge in [0.15, 0.2) is 0 Å². The lowest BCUT2D eigenvalue weighted by atomic mass is 10.0. The molecule has 1 aliphatic heterocycles. The van der Waals surface area contributed by atoms with Gasteiger partial charge in [-0.2, -0.15) is 0 Å². The van der Waals surface area contributed by atoms with Crippen LogP contribution in [0.15, 0.2) is 18.3 Å². The summed E-state index contributed by atoms with van der Waals surface area (Å²) in [5.74, 6) is -0.0244. The molecule has 1 saturated heterocycles. The molecule has 1 fully saturated rings. The highest BCUT2D eigenvalue weighted by Gasteiger charge is 2.37. The zero-order chi connectivity index (χ0) is 18.6. The van der Waals surface area contributed by atoms with E-state index in [4.69, 9.17) is 4.74 Å². The fourth-order valence-electron chi connectivity index (χ4n) is 2.96. The topological polar surface area (TPSA) is 91.8 Å². The molecule has 2 unspecified atom stereocenters. The van der Waals surface area contributed by atoms with Gasteiger partial charge in [-0.05, 0) is 45.7 Å². The van der Waals surface area contributed by atoms with Crippen LogP contribution >= 0.6 is 0 Å². The first-order valence-electron chi connectivity index (χ1n) is 8.55. The van der Waals surface area contributed by atoms with Gasteiger partial charge in [0.1, 0.15) is 11.7 Å². The number of aliphatic hydroxyl groups is 1. The van der Waals surface area contributed by atoms with Gasteiger partial charge in [0.2, 0.25) is 5.91 Å². The highest BCUT2D eigenvalue weighted by atomic mass is 16.6. The molecule has 0 bridgehead atoms. The Morgan fingerprint density at radius 1 is 1.52 bits per heavy atom. The summed E-state index contributed by atoms with van der Waals surface area (Å²) in [6.07, 6.45) is 1.24. The van der Waals surface area contributed by atoms with E-state index >= 15 is 0 Å². The molecular weight excluding hydrogens is 322 g/mol. The summed E-state index contributed by atoms with van der Waals surface area (Å²) in [6, 6.07) is 3.37. The molecule has 0 aromatic carbocycles. The number of likely N-dealkylation sites (tertiary alicyclic amines) is 1. The second kappa shape index (κ2) is 7.82. The van der Waals surface area contributed by atoms with E-state index in [-0.39, 0.29) is 18.5 Å². The minimum atomic E-state index is -0.839. The number of ether oxygens (including phenoxy) is 1. The first kappa shape index (κ1) is 19.2. The number of hydrogen-bond acceptors (Lipinski definition) is 5. The minimum absolute atomic E-state index is 0.0244. The van der Waals surface area contributed by atoms with E-state index in [1.165, 1.54) is 0 Å². The summed E-state index contributed by atoms with van der Waals surface area (Å²) >= 11 is 0. The molecule has 2 atom stereocenters. The van der Waals surface area contributed by atoms with Gasteiger partial charge < -0.3 is 20.1 Å². The van der Waals surface area contributed by atoms with E-state index in [1.54, 1.807) is 31.9 Å². The van der Waals surface area contributed by atoms with Gasteiger partial charge in [-0.25, -0.2) is 4.79 Å². The van der Waals surface area contributed by atoms with Gasteiger partial charge in [-0.3, -0.25) is 9.78 Å². The maximum absolute atomic E-state index is 12.2. The summed E-state index contributed by atoms with van der Waals surface area (Å²) < 4.78 is 5.18. The molecule has 2 heterocycles. The standard InChI is InChI=1S/C18H27N3O4/c1-12-6-5-9-19-15(12)16(23)13-7-8-14(22)21(13)11-10-20-17(24)25-18(2,3)4/h5-6,9,13,16,23H,7-8,10-11H2,1-4H3,(H,20,24). The van der Waals surface area contributed by atoms with E-state index < -0.39 is 17.8 Å². The molecular formula is C18H27N3O4. The summed E-state index contributed by atoms with van der Waals surface area (Å²) in [5.41, 5.74) is 0.913. The number of nitrogens with one attached hydrogen (secondary N) is 1. The fourth-order valence-corrected chi connectivity index (χ4v) is 2.96. The zero-order valence-corrected chi connectivity index (χ0v) is 15.3. The largest absolute Gasteiger partial charge is 0.444 e. The van der Waals surface area contributed by atoms with E-state index in [0.29, 0.717) is 25.1 Å². The van der Waals surface area contributed by atoms with Gasteiger partial charge in [0.25, 0.3) is 0 Å². The summed E-state index contributed by atoms with van der Waals surface area (Å²) in [6.45, 7) is 7.85. The smallest absolute Gasteiger partial charge is 0.407 e. The average molecular weight is 349 g/mol. The van der Waals surface area contributed by atoms with Crippen LogP contribution in [0.2, 0.25) is 0 Å². The van der Waals surface area contributed by atoms with E-state index in [1.807, 2.05) is 19.1 Å². The average Bonchev–Trinajstić information content (AvgIpc) is 2.86. The maximum atomic E-state index is 12.2. The number of carbonyl (C=O) groups is 2. The number of carbonyl (C=O) groups excluding carboxylic acids is 2. The van der Waals surface area contributed by atoms with Crippen LogP contribution < -0.4 is 5.32 Å². The lowest BCUT2D eigenvalue weighted by Crippen LogP contribution is -2.43. The van der Waals surface area contributed by atoms with Crippen LogP contribution in [-0.2, 0) is 9.53 Å². The molecule has 2 amide bonds. The number of aromatic nitrogens is 1. The molecule has 0 radical (unpaired) electrons. The first-order valence-corrected chi connectivity index (χ1v) is 8.55. The van der Waals surface area contributed by atoms with E-state index in [2.05, 4.69) is 10.3 Å². The third-order valence-corrected chi connectivity index (χ3v) is 4.09. The molecule has 0 saturated carbocycles. The molecule has 2 N–H and O–H groups in total. The zero-order valence-electron chi connectivity index (χ0n) is 15.3. The van der Waals surface area contributed by atoms with Crippen molar-refractivity contribution in [3.8, 4) is 0 Å². The molecule has 1 aliphatic rings. The Morgan fingerprint density at radius 2 is 2.24 bits per heavy atom. The third kappa shape index (κ3) is 5.16. The van der Waals surface area contributed by atoms with Crippen molar-refractivity contribution in [1.82, 2.24) is 15.2 Å². The molecule has 138 valence electrons. The Morgan fingerprint density at radius 3 is 2.88 bits per heavy atom. The third-order valence-electron chi connectivity index (χ3n) is 4.09. The second-order valence-electron chi connectivity index (χ2n) is 7.27. The van der Waals surface area contributed by atoms with Crippen LogP contribution in [0.5, 0.6) is 0 Å². The van der Waals surface area contributed by atoms with Crippen molar-refractivity contribution in [2.45, 2.75) is 58.3 Å². The van der Waals surface area contributed by atoms with Crippen molar-refractivity contribution in [3.63, 3.8) is 0 Å². The monoisotopic (exact) mass is 349 g/mol. The summed E-state index contributed by atoms with van der Waals surface area (Å²) in [4.78, 5) is 29.7. The van der Waals surface area contributed by atoms with Crippen molar-refractivity contribution in [2.24, 2.45) is 0 Å². The Balaban J connectivity index is 1.95. The number of hydrogen-bond donors (Lipinski definition) is 2. The Hall–Kier alpha value is -2.15. The van der Waals surface area contributed by atoms with Crippen LogP contribution in [0.4, 0.5) is 4.79 Å². The number of nitrogens with zero attached hydrogens (tertiary/aromatic N) is 2. The normalized spacial score (nSPS) is 19.0. The molecule has 25 heavy (non-hydrogen) atoms. The van der Waals surface area contributed by atoms with Crippen LogP contribution in [0.3, 0.4) is 0 Å². The molecule has 1 aromatic heterocycles. The van der Waals surface area contributed by atoms with Gasteiger partial charge in [0.05, 0.1) is 11.7 Å². The molecule has 2 rings (SSSR count). The minimum Gasteiger partial charge on any atom is -0.444 e. The predicted octanol–water partition coefficient (Wildman–Crippen LogP) is 1.94. The fraction of sp³-hybridized carbons (Fsp3) is 0.611. The van der Waals surface area contributed by atoms with Crippen molar-refractivity contribution >= 4 is 12.0 Å². The van der Waals surface area contributed by atoms with Crippen molar-refractivity contribution < 1.29 is 19.4 Å². The number of pyridine rings is 1. The molecule has 0 aliphatic carbocycles. The van der Waals surface area contributed by atoms with Crippen molar-refractivity contribution in [3.05, 3.63) is 29.6 Å². The SMILES string of the molecule is Cc1cccnc1C(O)C1CCC(=O)N1CCNC(=O)OC(C)(C)C. The predicted molar refractivity (Wildman–Crippen MR) is 92.9 cm³/mol. The summed E-state index contributed by atoms with van der Waals surface area (Å²) in [7, 11) is 0. The number of aliphatic hydroxyl groups excluding tert-OH is 1. The van der Waals surface area contributed by atoms with Gasteiger partial charge in [-0.15, -0.1) is 0 Å². The molecule has 0 spiro atoms. The highest BCUT2D eigenvalue weighted by Crippen LogP contribution is 2.30. The Kier molecular flexibility index (Phi) is 6.00. The quantitative estimate of drug-likeness (QED) is 0.847. The van der Waals surface area contributed by atoms with Crippen LogP contribution in [0.1, 0.15) is 51.0 Å². The van der Waals surface area contributed by atoms with Crippen LogP contribution in [-0.4, -0.2) is 51.7 Å². The number of alkyl carbamates (subject to hydrolysis) is 1. The van der Waals surface area contributed by atoms with Crippen molar-refractivity contribution in [2.75, 3.05) is 13.1 Å². The number of aryl methyl sites for hydroxylation is 1. The second-order valence-corrected chi connectivity index (χ2v) is 7.27.